The third kappa shape index (κ3) is 6.40. The van der Waals surface area contributed by atoms with Gasteiger partial charge in [0.05, 0.1) is 0 Å². The molecule has 2 aliphatic heterocycles. The summed E-state index contributed by atoms with van der Waals surface area (Å²) in [5.74, 6) is 0.865. The molecule has 2 aromatic carbocycles. The van der Waals surface area contributed by atoms with Crippen LogP contribution in [-0.4, -0.2) is 36.6 Å². The van der Waals surface area contributed by atoms with Gasteiger partial charge in [0, 0.05) is 31.4 Å². The monoisotopic (exact) mass is 449 g/mol. The molecule has 5 rings (SSSR count). The summed E-state index contributed by atoms with van der Waals surface area (Å²) in [5, 5.41) is 5.60. The quantitative estimate of drug-likeness (QED) is 0.567. The molecule has 3 atom stereocenters. The summed E-state index contributed by atoms with van der Waals surface area (Å²) in [6.07, 6.45) is 5.70. The zero-order chi connectivity index (χ0) is 20.9. The van der Waals surface area contributed by atoms with E-state index >= 15 is 0 Å². The molecular weight excluding hydrogens is 420 g/mol. The Hall–Kier alpha value is -2.18. The van der Waals surface area contributed by atoms with Crippen molar-refractivity contribution >= 4 is 24.1 Å². The molecule has 31 heavy (non-hydrogen) atoms. The number of rotatable bonds is 7. The highest BCUT2D eigenvalue weighted by atomic mass is 35.5. The highest BCUT2D eigenvalue weighted by Gasteiger charge is 2.40. The predicted molar refractivity (Wildman–Crippen MR) is 122 cm³/mol. The van der Waals surface area contributed by atoms with E-state index in [2.05, 4.69) is 15.5 Å². The molecule has 4 nitrogen and oxygen atoms in total. The summed E-state index contributed by atoms with van der Waals surface area (Å²) >= 11 is 0. The number of nitrogens with zero attached hydrogens (tertiary/aromatic N) is 1. The lowest BCUT2D eigenvalue weighted by molar-refractivity contribution is 0.000976. The number of carbonyl (C=O) groups excluding carboxylic acids is 1. The van der Waals surface area contributed by atoms with Crippen molar-refractivity contribution in [3.63, 3.8) is 0 Å². The number of fused-ring (bicyclic) bond motifs is 3. The van der Waals surface area contributed by atoms with Gasteiger partial charge in [-0.1, -0.05) is 12.1 Å². The van der Waals surface area contributed by atoms with E-state index in [0.717, 1.165) is 31.8 Å². The van der Waals surface area contributed by atoms with Gasteiger partial charge in [0.25, 0.3) is 0 Å². The maximum atomic E-state index is 13.2. The van der Waals surface area contributed by atoms with Crippen LogP contribution >= 0.6 is 12.4 Å². The zero-order valence-corrected chi connectivity index (χ0v) is 18.3. The average molecular weight is 450 g/mol. The van der Waals surface area contributed by atoms with Gasteiger partial charge in [0.2, 0.25) is 0 Å². The minimum absolute atomic E-state index is 0. The van der Waals surface area contributed by atoms with E-state index in [-0.39, 0.29) is 30.1 Å². The molecule has 168 valence electrons. The van der Waals surface area contributed by atoms with E-state index < -0.39 is 0 Å². The normalized spacial score (nSPS) is 22.6. The molecule has 0 spiro atoms. The Balaban J connectivity index is 0.00000272. The summed E-state index contributed by atoms with van der Waals surface area (Å²) < 4.78 is 26.1. The Labute approximate surface area is 188 Å². The van der Waals surface area contributed by atoms with Crippen LogP contribution in [0.4, 0.5) is 19.3 Å². The second kappa shape index (κ2) is 10.9. The smallest absolute Gasteiger partial charge is 0.319 e. The molecule has 0 unspecified atom stereocenters. The molecule has 0 radical (unpaired) electrons. The van der Waals surface area contributed by atoms with Gasteiger partial charge in [0.15, 0.2) is 0 Å². The van der Waals surface area contributed by atoms with Gasteiger partial charge in [-0.25, -0.2) is 13.6 Å². The molecule has 0 aromatic heterocycles. The second-order valence-electron chi connectivity index (χ2n) is 8.57. The van der Waals surface area contributed by atoms with E-state index in [1.807, 2.05) is 12.1 Å². The van der Waals surface area contributed by atoms with E-state index in [1.54, 1.807) is 24.3 Å². The first kappa shape index (κ1) is 23.5. The lowest BCUT2D eigenvalue weighted by Gasteiger charge is -2.50. The lowest BCUT2D eigenvalue weighted by Crippen LogP contribution is -2.54. The maximum absolute atomic E-state index is 13.2. The fourth-order valence-electron chi connectivity index (χ4n) is 5.05. The zero-order valence-electron chi connectivity index (χ0n) is 17.5. The van der Waals surface area contributed by atoms with Crippen molar-refractivity contribution in [2.45, 2.75) is 38.1 Å². The van der Waals surface area contributed by atoms with Gasteiger partial charge in [-0.05, 0) is 85.9 Å². The number of anilines is 1. The van der Waals surface area contributed by atoms with Crippen LogP contribution in [0.2, 0.25) is 0 Å². The van der Waals surface area contributed by atoms with Crippen LogP contribution in [0.15, 0.2) is 48.5 Å². The first-order valence-electron chi connectivity index (χ1n) is 10.9. The Morgan fingerprint density at radius 3 is 2.35 bits per heavy atom. The number of nitrogens with one attached hydrogen (secondary N) is 2. The van der Waals surface area contributed by atoms with Gasteiger partial charge in [-0.15, -0.1) is 12.4 Å². The molecule has 2 amide bonds. The lowest BCUT2D eigenvalue weighted by atomic mass is 9.70. The van der Waals surface area contributed by atoms with E-state index in [9.17, 15) is 13.6 Å². The molecule has 2 aromatic rings. The van der Waals surface area contributed by atoms with Crippen LogP contribution in [-0.2, 0) is 6.42 Å². The third-order valence-electron chi connectivity index (χ3n) is 6.43. The van der Waals surface area contributed by atoms with Crippen LogP contribution in [0.1, 0.15) is 31.2 Å². The SMILES string of the molecule is Cl.O=C(NCCCN1C[C@H]2CC[C@H]1[C@H](Cc1ccc(F)cc1)C2)Nc1ccc(F)cc1. The first-order valence-corrected chi connectivity index (χ1v) is 10.9. The van der Waals surface area contributed by atoms with Crippen molar-refractivity contribution in [3.05, 3.63) is 65.7 Å². The molecule has 7 heteroatoms. The highest BCUT2D eigenvalue weighted by Crippen LogP contribution is 2.40. The molecule has 1 aliphatic carbocycles. The van der Waals surface area contributed by atoms with E-state index in [1.165, 1.54) is 37.0 Å². The molecule has 2 bridgehead atoms. The van der Waals surface area contributed by atoms with Gasteiger partial charge < -0.3 is 10.6 Å². The van der Waals surface area contributed by atoms with Crippen LogP contribution in [0.25, 0.3) is 0 Å². The van der Waals surface area contributed by atoms with Crippen LogP contribution in [0.3, 0.4) is 0 Å². The number of benzene rings is 2. The van der Waals surface area contributed by atoms with Crippen molar-refractivity contribution in [2.24, 2.45) is 11.8 Å². The molecule has 2 N–H and O–H groups in total. The third-order valence-corrected chi connectivity index (χ3v) is 6.43. The van der Waals surface area contributed by atoms with Gasteiger partial charge in [0.1, 0.15) is 11.6 Å². The van der Waals surface area contributed by atoms with Crippen molar-refractivity contribution in [3.8, 4) is 0 Å². The standard InChI is InChI=1S/C24H29F2N3O.ClH/c25-20-5-2-17(3-6-20)14-19-15-18-4-11-23(19)29(16-18)13-1-12-27-24(30)28-22-9-7-21(26)8-10-22;/h2-3,5-10,18-19,23H,1,4,11-16H2,(H2,27,28,30);1H/t18-,19+,23-;/m0./s1. The molecule has 2 heterocycles. The minimum Gasteiger partial charge on any atom is -0.338 e. The van der Waals surface area contributed by atoms with E-state index in [4.69, 9.17) is 0 Å². The van der Waals surface area contributed by atoms with Crippen molar-refractivity contribution in [1.82, 2.24) is 10.2 Å². The number of hydrogen-bond donors (Lipinski definition) is 2. The minimum atomic E-state index is -0.325. The predicted octanol–water partition coefficient (Wildman–Crippen LogP) is 5.24. The Bertz CT molecular complexity index is 847. The summed E-state index contributed by atoms with van der Waals surface area (Å²) in [7, 11) is 0. The van der Waals surface area contributed by atoms with Gasteiger partial charge >= 0.3 is 6.03 Å². The largest absolute Gasteiger partial charge is 0.338 e. The fourth-order valence-corrected chi connectivity index (χ4v) is 5.05. The molecule has 1 saturated carbocycles. The number of hydrogen-bond acceptors (Lipinski definition) is 2. The summed E-state index contributed by atoms with van der Waals surface area (Å²) in [4.78, 5) is 14.6. The average Bonchev–Trinajstić information content (AvgIpc) is 2.75. The van der Waals surface area contributed by atoms with Gasteiger partial charge in [-0.3, -0.25) is 4.90 Å². The first-order chi connectivity index (χ1) is 14.6. The maximum Gasteiger partial charge on any atom is 0.319 e. The van der Waals surface area contributed by atoms with Crippen molar-refractivity contribution in [2.75, 3.05) is 25.0 Å². The Kier molecular flexibility index (Phi) is 8.27. The Morgan fingerprint density at radius 2 is 1.68 bits per heavy atom. The summed E-state index contributed by atoms with van der Waals surface area (Å²) in [6, 6.07) is 13.0. The number of halogens is 3. The van der Waals surface area contributed by atoms with Crippen molar-refractivity contribution in [1.29, 1.82) is 0 Å². The van der Waals surface area contributed by atoms with Crippen molar-refractivity contribution < 1.29 is 13.6 Å². The van der Waals surface area contributed by atoms with Crippen LogP contribution in [0, 0.1) is 23.5 Å². The van der Waals surface area contributed by atoms with Crippen LogP contribution < -0.4 is 10.6 Å². The number of piperidine rings is 2. The fraction of sp³-hybridized carbons (Fsp3) is 0.458. The second-order valence-corrected chi connectivity index (χ2v) is 8.57. The highest BCUT2D eigenvalue weighted by molar-refractivity contribution is 5.89. The topological polar surface area (TPSA) is 44.4 Å². The molecular formula is C24H30ClF2N3O. The number of amides is 2. The molecule has 2 saturated heterocycles. The number of urea groups is 1. The molecule has 3 fully saturated rings. The molecule has 3 aliphatic rings. The Morgan fingerprint density at radius 1 is 1.00 bits per heavy atom. The summed E-state index contributed by atoms with van der Waals surface area (Å²) in [5.41, 5.74) is 1.79. The number of carbonyl (C=O) groups is 1. The van der Waals surface area contributed by atoms with Crippen LogP contribution in [0.5, 0.6) is 0 Å². The summed E-state index contributed by atoms with van der Waals surface area (Å²) in [6.45, 7) is 2.72. The van der Waals surface area contributed by atoms with E-state index in [0.29, 0.717) is 24.2 Å². The van der Waals surface area contributed by atoms with Gasteiger partial charge in [-0.2, -0.15) is 0 Å².